The summed E-state index contributed by atoms with van der Waals surface area (Å²) in [5, 5.41) is 0. The number of halogens is 3. The summed E-state index contributed by atoms with van der Waals surface area (Å²) in [4.78, 5) is 22.4. The molecular weight excluding hydrogens is 465 g/mol. The van der Waals surface area contributed by atoms with Gasteiger partial charge in [0.15, 0.2) is 5.78 Å². The quantitative estimate of drug-likeness (QED) is 0.372. The SMILES string of the molecule is CC.CN=C/C(=C\N)c1cnc(N2CCCC(F)(F)CC2)c(C(C)=O)c1C.Cc1ccc(F)c(C)c1. The summed E-state index contributed by atoms with van der Waals surface area (Å²) < 4.78 is 39.8. The molecule has 0 bridgehead atoms. The van der Waals surface area contributed by atoms with Crippen molar-refractivity contribution in [3.05, 3.63) is 64.2 Å². The smallest absolute Gasteiger partial charge is 0.249 e. The lowest BCUT2D eigenvalue weighted by molar-refractivity contribution is -0.0102. The Morgan fingerprint density at radius 3 is 2.36 bits per heavy atom. The Hall–Kier alpha value is -3.16. The molecule has 5 nitrogen and oxygen atoms in total. The topological polar surface area (TPSA) is 71.6 Å². The van der Waals surface area contributed by atoms with Crippen LogP contribution in [0.15, 0.2) is 35.6 Å². The van der Waals surface area contributed by atoms with E-state index in [0.29, 0.717) is 35.5 Å². The van der Waals surface area contributed by atoms with E-state index < -0.39 is 5.92 Å². The number of carbonyl (C=O) groups excluding carboxylic acids is 1. The molecule has 1 aromatic heterocycles. The third-order valence-corrected chi connectivity index (χ3v) is 5.76. The van der Waals surface area contributed by atoms with Gasteiger partial charge in [0, 0.05) is 62.7 Å². The van der Waals surface area contributed by atoms with Gasteiger partial charge in [-0.2, -0.15) is 0 Å². The molecule has 0 amide bonds. The third kappa shape index (κ3) is 8.50. The number of pyridine rings is 1. The van der Waals surface area contributed by atoms with Crippen LogP contribution < -0.4 is 10.6 Å². The zero-order valence-electron chi connectivity index (χ0n) is 22.5. The molecule has 0 aliphatic carbocycles. The van der Waals surface area contributed by atoms with Crippen LogP contribution in [0.2, 0.25) is 0 Å². The molecule has 8 heteroatoms. The molecule has 1 aromatic carbocycles. The maximum absolute atomic E-state index is 13.6. The first-order valence-corrected chi connectivity index (χ1v) is 12.2. The van der Waals surface area contributed by atoms with Crippen LogP contribution in [0.3, 0.4) is 0 Å². The number of nitrogens with zero attached hydrogens (tertiary/aromatic N) is 3. The molecule has 0 atom stereocenters. The lowest BCUT2D eigenvalue weighted by atomic mass is 9.97. The van der Waals surface area contributed by atoms with Crippen LogP contribution in [0.4, 0.5) is 19.0 Å². The lowest BCUT2D eigenvalue weighted by Crippen LogP contribution is -2.28. The molecule has 0 spiro atoms. The van der Waals surface area contributed by atoms with Gasteiger partial charge in [-0.25, -0.2) is 18.2 Å². The van der Waals surface area contributed by atoms with E-state index in [9.17, 15) is 18.0 Å². The van der Waals surface area contributed by atoms with Gasteiger partial charge in [0.25, 0.3) is 0 Å². The van der Waals surface area contributed by atoms with E-state index in [2.05, 4.69) is 9.98 Å². The molecule has 36 heavy (non-hydrogen) atoms. The molecule has 3 rings (SSSR count). The summed E-state index contributed by atoms with van der Waals surface area (Å²) >= 11 is 0. The first-order chi connectivity index (χ1) is 17.0. The Morgan fingerprint density at radius 1 is 1.17 bits per heavy atom. The van der Waals surface area contributed by atoms with Crippen molar-refractivity contribution in [2.75, 3.05) is 25.0 Å². The molecule has 2 aromatic rings. The van der Waals surface area contributed by atoms with E-state index in [4.69, 9.17) is 5.73 Å². The molecule has 198 valence electrons. The van der Waals surface area contributed by atoms with Gasteiger partial charge in [-0.05, 0) is 51.3 Å². The summed E-state index contributed by atoms with van der Waals surface area (Å²) in [5.74, 6) is -2.47. The fourth-order valence-corrected chi connectivity index (χ4v) is 3.95. The normalized spacial score (nSPS) is 15.4. The highest BCUT2D eigenvalue weighted by Crippen LogP contribution is 2.33. The van der Waals surface area contributed by atoms with Gasteiger partial charge in [-0.15, -0.1) is 0 Å². The minimum atomic E-state index is -2.66. The van der Waals surface area contributed by atoms with E-state index >= 15 is 0 Å². The number of aliphatic imine (C=N–C) groups is 1. The largest absolute Gasteiger partial charge is 0.404 e. The van der Waals surface area contributed by atoms with E-state index in [1.165, 1.54) is 19.2 Å². The second kappa shape index (κ2) is 14.4. The zero-order valence-corrected chi connectivity index (χ0v) is 22.5. The van der Waals surface area contributed by atoms with E-state index in [1.54, 1.807) is 37.3 Å². The van der Waals surface area contributed by atoms with Gasteiger partial charge >= 0.3 is 0 Å². The van der Waals surface area contributed by atoms with Gasteiger partial charge in [-0.1, -0.05) is 31.5 Å². The van der Waals surface area contributed by atoms with Crippen LogP contribution in [0.5, 0.6) is 0 Å². The van der Waals surface area contributed by atoms with Crippen LogP contribution >= 0.6 is 0 Å². The molecule has 0 saturated carbocycles. The van der Waals surface area contributed by atoms with Gasteiger partial charge < -0.3 is 10.6 Å². The summed E-state index contributed by atoms with van der Waals surface area (Å²) in [5.41, 5.74) is 10.0. The molecule has 2 N–H and O–H groups in total. The Kier molecular flexibility index (Phi) is 12.4. The minimum Gasteiger partial charge on any atom is -0.404 e. The van der Waals surface area contributed by atoms with Gasteiger partial charge in [0.2, 0.25) is 5.92 Å². The number of benzene rings is 1. The standard InChI is InChI=1S/C18H24F2N4O.C8H9F.C2H6/c1-12-15(14(9-21)10-22-3)11-23-17(16(12)13(2)25)24-7-4-5-18(19,20)6-8-24;1-6-3-4-8(9)7(2)5-6;1-2/h9-11H,4-8,21H2,1-3H3;3-5H,1-2H3;1-2H3/b14-9+,22-10?;;. The van der Waals surface area contributed by atoms with Crippen molar-refractivity contribution >= 4 is 23.4 Å². The van der Waals surface area contributed by atoms with Crippen molar-refractivity contribution in [2.45, 2.75) is 66.7 Å². The monoisotopic (exact) mass is 504 g/mol. The van der Waals surface area contributed by atoms with Crippen LogP contribution in [-0.4, -0.2) is 43.0 Å². The Morgan fingerprint density at radius 2 is 1.83 bits per heavy atom. The number of allylic oxidation sites excluding steroid dienone is 1. The molecule has 1 fully saturated rings. The zero-order chi connectivity index (χ0) is 27.5. The Labute approximate surface area is 213 Å². The lowest BCUT2D eigenvalue weighted by Gasteiger charge is -2.25. The Bertz CT molecular complexity index is 1080. The van der Waals surface area contributed by atoms with Crippen molar-refractivity contribution in [1.29, 1.82) is 0 Å². The van der Waals surface area contributed by atoms with Crippen molar-refractivity contribution in [1.82, 2.24) is 4.98 Å². The number of anilines is 1. The van der Waals surface area contributed by atoms with Gasteiger partial charge in [-0.3, -0.25) is 9.79 Å². The highest BCUT2D eigenvalue weighted by molar-refractivity contribution is 6.11. The number of carbonyl (C=O) groups is 1. The highest BCUT2D eigenvalue weighted by Gasteiger charge is 2.33. The van der Waals surface area contributed by atoms with Crippen molar-refractivity contribution < 1.29 is 18.0 Å². The molecule has 0 radical (unpaired) electrons. The number of aryl methyl sites for hydroxylation is 2. The molecule has 1 saturated heterocycles. The van der Waals surface area contributed by atoms with Gasteiger partial charge in [0.1, 0.15) is 11.6 Å². The molecule has 1 aliphatic rings. The van der Waals surface area contributed by atoms with Crippen molar-refractivity contribution in [3.63, 3.8) is 0 Å². The second-order valence-corrected chi connectivity index (χ2v) is 8.51. The number of hydrogen-bond acceptors (Lipinski definition) is 5. The van der Waals surface area contributed by atoms with Crippen LogP contribution in [0.25, 0.3) is 5.57 Å². The van der Waals surface area contributed by atoms with E-state index in [1.807, 2.05) is 33.8 Å². The molecular formula is C28H39F3N4O. The summed E-state index contributed by atoms with van der Waals surface area (Å²) in [6, 6.07) is 5.09. The van der Waals surface area contributed by atoms with Crippen LogP contribution in [0, 0.1) is 26.6 Å². The minimum absolute atomic E-state index is 0.124. The number of nitrogens with two attached hydrogens (primary N) is 1. The maximum Gasteiger partial charge on any atom is 0.249 e. The van der Waals surface area contributed by atoms with E-state index in [0.717, 1.165) is 16.7 Å². The summed E-state index contributed by atoms with van der Waals surface area (Å²) in [7, 11) is 1.63. The predicted octanol–water partition coefficient (Wildman–Crippen LogP) is 6.69. The third-order valence-electron chi connectivity index (χ3n) is 5.76. The summed E-state index contributed by atoms with van der Waals surface area (Å²) in [6.07, 6.45) is 4.63. The molecule has 2 heterocycles. The van der Waals surface area contributed by atoms with Gasteiger partial charge in [0.05, 0.1) is 5.56 Å². The molecule has 0 unspecified atom stereocenters. The first-order valence-electron chi connectivity index (χ1n) is 12.2. The fraction of sp³-hybridized carbons (Fsp3) is 0.464. The van der Waals surface area contributed by atoms with E-state index in [-0.39, 0.29) is 31.0 Å². The number of aromatic nitrogens is 1. The Balaban J connectivity index is 0.000000491. The van der Waals surface area contributed by atoms with Crippen LogP contribution in [0.1, 0.15) is 72.6 Å². The maximum atomic E-state index is 13.6. The fourth-order valence-electron chi connectivity index (χ4n) is 3.95. The van der Waals surface area contributed by atoms with Crippen molar-refractivity contribution in [2.24, 2.45) is 10.7 Å². The van der Waals surface area contributed by atoms with Crippen molar-refractivity contribution in [3.8, 4) is 0 Å². The number of rotatable bonds is 4. The average molecular weight is 505 g/mol. The predicted molar refractivity (Wildman–Crippen MR) is 144 cm³/mol. The second-order valence-electron chi connectivity index (χ2n) is 8.51. The average Bonchev–Trinajstić information content (AvgIpc) is 3.02. The van der Waals surface area contributed by atoms with Crippen LogP contribution in [-0.2, 0) is 0 Å². The number of Topliss-reactive ketones (excluding diaryl/α,β-unsaturated/α-hetero) is 1. The number of alkyl halides is 2. The molecule has 1 aliphatic heterocycles. The first kappa shape index (κ1) is 30.9. The number of hydrogen-bond donors (Lipinski definition) is 1. The highest BCUT2D eigenvalue weighted by atomic mass is 19.3. The number of ketones is 1. The summed E-state index contributed by atoms with van der Waals surface area (Å²) in [6.45, 7) is 11.6.